The van der Waals surface area contributed by atoms with E-state index in [2.05, 4.69) is 15.3 Å². The summed E-state index contributed by atoms with van der Waals surface area (Å²) in [7, 11) is 0. The van der Waals surface area contributed by atoms with Gasteiger partial charge < -0.3 is 15.0 Å². The molecule has 1 aliphatic rings. The molecule has 0 saturated carbocycles. The summed E-state index contributed by atoms with van der Waals surface area (Å²) in [6.07, 6.45) is 6.84. The average Bonchev–Trinajstić information content (AvgIpc) is 3.25. The second-order valence-corrected chi connectivity index (χ2v) is 6.37. The lowest BCUT2D eigenvalue weighted by atomic mass is 10.2. The standard InChI is InChI=1S/C16H20N4O2S/c1-2-14(15-18-7-9-23-15)19-16(21)20-8-5-13(11-20)22-12-4-3-6-17-10-12/h3-4,6-7,9-10,13-14H,2,5,8,11H2,1H3,(H,19,21)/t13-,14+/m0/s1. The van der Waals surface area contributed by atoms with Crippen molar-refractivity contribution >= 4 is 17.4 Å². The number of ether oxygens (including phenoxy) is 1. The van der Waals surface area contributed by atoms with Crippen molar-refractivity contribution in [1.82, 2.24) is 20.2 Å². The SMILES string of the molecule is CC[C@@H](NC(=O)N1CC[C@H](Oc2cccnc2)C1)c1nccs1. The van der Waals surface area contributed by atoms with E-state index in [9.17, 15) is 4.79 Å². The minimum Gasteiger partial charge on any atom is -0.487 e. The van der Waals surface area contributed by atoms with Gasteiger partial charge >= 0.3 is 6.03 Å². The minimum absolute atomic E-state index is 0.0184. The van der Waals surface area contributed by atoms with E-state index in [1.54, 1.807) is 34.8 Å². The third kappa shape index (κ3) is 3.98. The number of rotatable bonds is 5. The number of urea groups is 1. The lowest BCUT2D eigenvalue weighted by Crippen LogP contribution is -2.41. The zero-order valence-electron chi connectivity index (χ0n) is 13.0. The van der Waals surface area contributed by atoms with Gasteiger partial charge in [-0.15, -0.1) is 11.3 Å². The van der Waals surface area contributed by atoms with E-state index in [0.29, 0.717) is 13.1 Å². The van der Waals surface area contributed by atoms with Crippen molar-refractivity contribution in [1.29, 1.82) is 0 Å². The van der Waals surface area contributed by atoms with Crippen LogP contribution in [-0.2, 0) is 0 Å². The lowest BCUT2D eigenvalue weighted by molar-refractivity contribution is 0.184. The number of hydrogen-bond donors (Lipinski definition) is 1. The van der Waals surface area contributed by atoms with E-state index in [0.717, 1.165) is 23.6 Å². The zero-order chi connectivity index (χ0) is 16.1. The Morgan fingerprint density at radius 2 is 2.48 bits per heavy atom. The van der Waals surface area contributed by atoms with Gasteiger partial charge in [0.15, 0.2) is 0 Å². The number of aromatic nitrogens is 2. The van der Waals surface area contributed by atoms with Crippen molar-refractivity contribution in [2.75, 3.05) is 13.1 Å². The third-order valence-corrected chi connectivity index (χ3v) is 4.71. The van der Waals surface area contributed by atoms with Crippen molar-refractivity contribution in [3.63, 3.8) is 0 Å². The molecule has 0 bridgehead atoms. The van der Waals surface area contributed by atoms with E-state index in [1.807, 2.05) is 24.4 Å². The van der Waals surface area contributed by atoms with Crippen LogP contribution in [-0.4, -0.2) is 40.1 Å². The summed E-state index contributed by atoms with van der Waals surface area (Å²) in [6.45, 7) is 3.34. The molecule has 3 rings (SSSR count). The van der Waals surface area contributed by atoms with Gasteiger partial charge in [0.05, 0.1) is 18.8 Å². The van der Waals surface area contributed by atoms with Crippen LogP contribution in [0.4, 0.5) is 4.79 Å². The fourth-order valence-electron chi connectivity index (χ4n) is 2.60. The van der Waals surface area contributed by atoms with Crippen molar-refractivity contribution in [3.8, 4) is 5.75 Å². The summed E-state index contributed by atoms with van der Waals surface area (Å²) >= 11 is 1.57. The Morgan fingerprint density at radius 3 is 3.17 bits per heavy atom. The Kier molecular flexibility index (Phi) is 5.07. The first-order valence-corrected chi connectivity index (χ1v) is 8.65. The van der Waals surface area contributed by atoms with E-state index >= 15 is 0 Å². The van der Waals surface area contributed by atoms with Crippen LogP contribution >= 0.6 is 11.3 Å². The molecule has 23 heavy (non-hydrogen) atoms. The van der Waals surface area contributed by atoms with Gasteiger partial charge in [-0.25, -0.2) is 9.78 Å². The number of thiazole rings is 1. The van der Waals surface area contributed by atoms with Gasteiger partial charge in [0, 0.05) is 30.7 Å². The van der Waals surface area contributed by atoms with Crippen LogP contribution in [0.5, 0.6) is 5.75 Å². The van der Waals surface area contributed by atoms with Gasteiger partial charge in [0.2, 0.25) is 0 Å². The number of likely N-dealkylation sites (tertiary alicyclic amines) is 1. The van der Waals surface area contributed by atoms with E-state index in [4.69, 9.17) is 4.74 Å². The molecule has 122 valence electrons. The molecule has 3 heterocycles. The summed E-state index contributed by atoms with van der Waals surface area (Å²) in [4.78, 5) is 22.6. The molecule has 1 saturated heterocycles. The second-order valence-electron chi connectivity index (χ2n) is 5.44. The van der Waals surface area contributed by atoms with Crippen LogP contribution in [0.25, 0.3) is 0 Å². The van der Waals surface area contributed by atoms with Crippen molar-refractivity contribution < 1.29 is 9.53 Å². The molecule has 0 unspecified atom stereocenters. The van der Waals surface area contributed by atoms with Gasteiger partial charge in [0.1, 0.15) is 16.9 Å². The number of hydrogen-bond acceptors (Lipinski definition) is 5. The van der Waals surface area contributed by atoms with Crippen LogP contribution in [0.1, 0.15) is 30.8 Å². The Hall–Kier alpha value is -2.15. The summed E-state index contributed by atoms with van der Waals surface area (Å²) in [5, 5.41) is 5.94. The quantitative estimate of drug-likeness (QED) is 0.914. The predicted octanol–water partition coefficient (Wildman–Crippen LogP) is 2.85. The summed E-state index contributed by atoms with van der Waals surface area (Å²) in [6, 6.07) is 3.64. The van der Waals surface area contributed by atoms with Gasteiger partial charge in [-0.05, 0) is 18.6 Å². The third-order valence-electron chi connectivity index (χ3n) is 3.82. The smallest absolute Gasteiger partial charge is 0.318 e. The molecule has 1 fully saturated rings. The Balaban J connectivity index is 1.53. The maximum absolute atomic E-state index is 12.4. The second kappa shape index (κ2) is 7.41. The van der Waals surface area contributed by atoms with Gasteiger partial charge in [-0.3, -0.25) is 4.98 Å². The Bertz CT molecular complexity index is 620. The molecule has 2 aromatic heterocycles. The molecule has 0 radical (unpaired) electrons. The van der Waals surface area contributed by atoms with E-state index in [1.165, 1.54) is 0 Å². The van der Waals surface area contributed by atoms with Gasteiger partial charge in [0.25, 0.3) is 0 Å². The van der Waals surface area contributed by atoms with Crippen LogP contribution < -0.4 is 10.1 Å². The molecular formula is C16H20N4O2S. The van der Waals surface area contributed by atoms with Crippen molar-refractivity contribution in [2.45, 2.75) is 31.9 Å². The fraction of sp³-hybridized carbons (Fsp3) is 0.438. The first-order chi connectivity index (χ1) is 11.3. The molecule has 0 aromatic carbocycles. The Labute approximate surface area is 139 Å². The zero-order valence-corrected chi connectivity index (χ0v) is 13.8. The number of pyridine rings is 1. The van der Waals surface area contributed by atoms with Crippen molar-refractivity contribution in [3.05, 3.63) is 41.1 Å². The molecule has 1 N–H and O–H groups in total. The van der Waals surface area contributed by atoms with Crippen LogP contribution in [0.15, 0.2) is 36.1 Å². The molecule has 6 nitrogen and oxygen atoms in total. The molecule has 2 amide bonds. The maximum atomic E-state index is 12.4. The number of nitrogens with one attached hydrogen (secondary N) is 1. The van der Waals surface area contributed by atoms with Gasteiger partial charge in [-0.2, -0.15) is 0 Å². The van der Waals surface area contributed by atoms with Crippen LogP contribution in [0, 0.1) is 0 Å². The first-order valence-electron chi connectivity index (χ1n) is 7.77. The molecule has 7 heteroatoms. The number of carbonyl (C=O) groups excluding carboxylic acids is 1. The van der Waals surface area contributed by atoms with E-state index < -0.39 is 0 Å². The first kappa shape index (κ1) is 15.7. The number of carbonyl (C=O) groups is 1. The number of amides is 2. The molecule has 0 aliphatic carbocycles. The fourth-order valence-corrected chi connectivity index (χ4v) is 3.38. The molecule has 0 spiro atoms. The topological polar surface area (TPSA) is 67.4 Å². The average molecular weight is 332 g/mol. The maximum Gasteiger partial charge on any atom is 0.318 e. The molecule has 2 aromatic rings. The van der Waals surface area contributed by atoms with Crippen molar-refractivity contribution in [2.24, 2.45) is 0 Å². The van der Waals surface area contributed by atoms with Crippen LogP contribution in [0.2, 0.25) is 0 Å². The lowest BCUT2D eigenvalue weighted by Gasteiger charge is -2.21. The molecule has 1 aliphatic heterocycles. The summed E-state index contributed by atoms with van der Waals surface area (Å²) in [5.41, 5.74) is 0. The minimum atomic E-state index is -0.0515. The largest absolute Gasteiger partial charge is 0.487 e. The Morgan fingerprint density at radius 1 is 1.57 bits per heavy atom. The molecular weight excluding hydrogens is 312 g/mol. The van der Waals surface area contributed by atoms with Gasteiger partial charge in [-0.1, -0.05) is 6.92 Å². The molecule has 2 atom stereocenters. The highest BCUT2D eigenvalue weighted by Gasteiger charge is 2.29. The predicted molar refractivity (Wildman–Crippen MR) is 88.5 cm³/mol. The van der Waals surface area contributed by atoms with E-state index in [-0.39, 0.29) is 18.2 Å². The van der Waals surface area contributed by atoms with Crippen LogP contribution in [0.3, 0.4) is 0 Å². The summed E-state index contributed by atoms with van der Waals surface area (Å²) in [5.74, 6) is 0.744. The highest BCUT2D eigenvalue weighted by Crippen LogP contribution is 2.21. The highest BCUT2D eigenvalue weighted by atomic mass is 32.1. The monoisotopic (exact) mass is 332 g/mol. The number of nitrogens with zero attached hydrogens (tertiary/aromatic N) is 3. The normalized spacial score (nSPS) is 18.7. The highest BCUT2D eigenvalue weighted by molar-refractivity contribution is 7.09. The summed E-state index contributed by atoms with van der Waals surface area (Å²) < 4.78 is 5.86.